The van der Waals surface area contributed by atoms with E-state index in [1.807, 2.05) is 11.8 Å². The van der Waals surface area contributed by atoms with Crippen LogP contribution in [-0.4, -0.2) is 29.4 Å². The van der Waals surface area contributed by atoms with Gasteiger partial charge in [-0.2, -0.15) is 0 Å². The second-order valence-corrected chi connectivity index (χ2v) is 6.12. The van der Waals surface area contributed by atoms with E-state index >= 15 is 0 Å². The molecule has 1 aliphatic heterocycles. The summed E-state index contributed by atoms with van der Waals surface area (Å²) < 4.78 is 0. The van der Waals surface area contributed by atoms with Crippen LogP contribution in [0.5, 0.6) is 0 Å². The van der Waals surface area contributed by atoms with Gasteiger partial charge in [0.1, 0.15) is 0 Å². The Bertz CT molecular complexity index is 482. The molecule has 1 heterocycles. The van der Waals surface area contributed by atoms with Crippen molar-refractivity contribution in [2.24, 2.45) is 5.73 Å². The smallest absolute Gasteiger partial charge is 0.227 e. The number of likely N-dealkylation sites (tertiary alicyclic amines) is 1. The van der Waals surface area contributed by atoms with Crippen molar-refractivity contribution in [2.45, 2.75) is 58.5 Å². The number of rotatable bonds is 3. The van der Waals surface area contributed by atoms with Crippen molar-refractivity contribution in [3.05, 3.63) is 34.9 Å². The van der Waals surface area contributed by atoms with Crippen LogP contribution in [0.2, 0.25) is 0 Å². The molecule has 0 bridgehead atoms. The van der Waals surface area contributed by atoms with Gasteiger partial charge in [-0.1, -0.05) is 23.8 Å². The van der Waals surface area contributed by atoms with E-state index in [1.165, 1.54) is 17.5 Å². The van der Waals surface area contributed by atoms with Gasteiger partial charge in [0.05, 0.1) is 6.42 Å². The molecule has 110 valence electrons. The van der Waals surface area contributed by atoms with Gasteiger partial charge in [0, 0.05) is 18.6 Å². The van der Waals surface area contributed by atoms with Crippen LogP contribution >= 0.6 is 0 Å². The number of amides is 1. The summed E-state index contributed by atoms with van der Waals surface area (Å²) in [5.74, 6) is 0.223. The molecule has 0 spiro atoms. The van der Waals surface area contributed by atoms with Crippen molar-refractivity contribution >= 4 is 5.91 Å². The van der Waals surface area contributed by atoms with Gasteiger partial charge in [0.15, 0.2) is 0 Å². The monoisotopic (exact) mass is 274 g/mol. The molecule has 0 aliphatic carbocycles. The molecule has 0 radical (unpaired) electrons. The van der Waals surface area contributed by atoms with Crippen LogP contribution in [0, 0.1) is 13.8 Å². The molecular weight excluding hydrogens is 248 g/mol. The Morgan fingerprint density at radius 3 is 2.85 bits per heavy atom. The third kappa shape index (κ3) is 3.40. The molecule has 1 fully saturated rings. The molecule has 1 saturated heterocycles. The zero-order chi connectivity index (χ0) is 14.7. The molecule has 20 heavy (non-hydrogen) atoms. The van der Waals surface area contributed by atoms with E-state index in [1.54, 1.807) is 0 Å². The van der Waals surface area contributed by atoms with E-state index in [2.05, 4.69) is 32.0 Å². The summed E-state index contributed by atoms with van der Waals surface area (Å²) in [5, 5.41) is 0. The molecule has 1 amide bonds. The molecular formula is C17H26N2O. The average Bonchev–Trinajstić information content (AvgIpc) is 2.42. The minimum Gasteiger partial charge on any atom is -0.338 e. The van der Waals surface area contributed by atoms with E-state index in [0.29, 0.717) is 6.42 Å². The van der Waals surface area contributed by atoms with Gasteiger partial charge < -0.3 is 10.6 Å². The van der Waals surface area contributed by atoms with Crippen molar-refractivity contribution in [2.75, 3.05) is 6.54 Å². The first-order valence-corrected chi connectivity index (χ1v) is 7.60. The number of nitrogens with two attached hydrogens (primary N) is 1. The Hall–Kier alpha value is -1.35. The molecule has 1 aliphatic rings. The number of benzene rings is 1. The molecule has 0 aromatic heterocycles. The first kappa shape index (κ1) is 15.0. The highest BCUT2D eigenvalue weighted by Gasteiger charge is 2.29. The van der Waals surface area contributed by atoms with Gasteiger partial charge in [0.2, 0.25) is 5.91 Å². The van der Waals surface area contributed by atoms with E-state index < -0.39 is 0 Å². The maximum absolute atomic E-state index is 12.6. The fourth-order valence-corrected chi connectivity index (χ4v) is 3.07. The number of nitrogens with zero attached hydrogens (tertiary/aromatic N) is 1. The lowest BCUT2D eigenvalue weighted by molar-refractivity contribution is -0.134. The molecule has 2 rings (SSSR count). The standard InChI is InChI=1S/C17H26N2O/c1-12-7-8-13(2)15(10-12)11-17(20)19-9-5-4-6-16(19)14(3)18/h7-8,10,14,16H,4-6,9,11,18H2,1-3H3. The second kappa shape index (κ2) is 6.40. The highest BCUT2D eigenvalue weighted by molar-refractivity contribution is 5.79. The lowest BCUT2D eigenvalue weighted by atomic mass is 9.95. The minimum atomic E-state index is 0.0536. The van der Waals surface area contributed by atoms with Crippen LogP contribution in [0.1, 0.15) is 42.9 Å². The van der Waals surface area contributed by atoms with Gasteiger partial charge in [-0.3, -0.25) is 4.79 Å². The summed E-state index contributed by atoms with van der Waals surface area (Å²) >= 11 is 0. The van der Waals surface area contributed by atoms with Crippen molar-refractivity contribution in [3.63, 3.8) is 0 Å². The summed E-state index contributed by atoms with van der Waals surface area (Å²) in [4.78, 5) is 14.6. The van der Waals surface area contributed by atoms with Gasteiger partial charge in [-0.15, -0.1) is 0 Å². The summed E-state index contributed by atoms with van der Waals surface area (Å²) in [7, 11) is 0. The second-order valence-electron chi connectivity index (χ2n) is 6.12. The zero-order valence-electron chi connectivity index (χ0n) is 12.9. The van der Waals surface area contributed by atoms with Crippen molar-refractivity contribution in [1.82, 2.24) is 4.90 Å². The predicted molar refractivity (Wildman–Crippen MR) is 82.6 cm³/mol. The van der Waals surface area contributed by atoms with Crippen molar-refractivity contribution in [1.29, 1.82) is 0 Å². The maximum Gasteiger partial charge on any atom is 0.227 e. The number of hydrogen-bond donors (Lipinski definition) is 1. The van der Waals surface area contributed by atoms with Gasteiger partial charge in [-0.05, 0) is 51.2 Å². The van der Waals surface area contributed by atoms with E-state index in [9.17, 15) is 4.79 Å². The summed E-state index contributed by atoms with van der Waals surface area (Å²) in [5.41, 5.74) is 9.59. The van der Waals surface area contributed by atoms with E-state index in [0.717, 1.165) is 24.9 Å². The Morgan fingerprint density at radius 2 is 2.15 bits per heavy atom. The van der Waals surface area contributed by atoms with Gasteiger partial charge in [-0.25, -0.2) is 0 Å². The van der Waals surface area contributed by atoms with Gasteiger partial charge >= 0.3 is 0 Å². The molecule has 0 saturated carbocycles. The predicted octanol–water partition coefficient (Wildman–Crippen LogP) is 2.57. The molecule has 2 unspecified atom stereocenters. The van der Waals surface area contributed by atoms with Crippen LogP contribution in [0.4, 0.5) is 0 Å². The average molecular weight is 274 g/mol. The highest BCUT2D eigenvalue weighted by Crippen LogP contribution is 2.21. The zero-order valence-corrected chi connectivity index (χ0v) is 12.9. The Balaban J connectivity index is 2.12. The minimum absolute atomic E-state index is 0.0536. The van der Waals surface area contributed by atoms with Crippen LogP contribution in [0.3, 0.4) is 0 Å². The first-order chi connectivity index (χ1) is 9.49. The topological polar surface area (TPSA) is 46.3 Å². The lowest BCUT2D eigenvalue weighted by Gasteiger charge is -2.38. The summed E-state index contributed by atoms with van der Waals surface area (Å²) in [6.45, 7) is 7.00. The fraction of sp³-hybridized carbons (Fsp3) is 0.588. The third-order valence-corrected chi connectivity index (χ3v) is 4.32. The maximum atomic E-state index is 12.6. The van der Waals surface area contributed by atoms with Crippen molar-refractivity contribution in [3.8, 4) is 0 Å². The SMILES string of the molecule is Cc1ccc(C)c(CC(=O)N2CCCCC2C(C)N)c1. The molecule has 1 aromatic carbocycles. The normalized spacial score (nSPS) is 20.8. The van der Waals surface area contributed by atoms with Gasteiger partial charge in [0.25, 0.3) is 0 Å². The number of aryl methyl sites for hydroxylation is 2. The quantitative estimate of drug-likeness (QED) is 0.921. The molecule has 1 aromatic rings. The van der Waals surface area contributed by atoms with E-state index in [-0.39, 0.29) is 18.0 Å². The largest absolute Gasteiger partial charge is 0.338 e. The number of carbonyl (C=O) groups excluding carboxylic acids is 1. The van der Waals surface area contributed by atoms with E-state index in [4.69, 9.17) is 5.73 Å². The fourth-order valence-electron chi connectivity index (χ4n) is 3.07. The van der Waals surface area contributed by atoms with Crippen LogP contribution in [0.25, 0.3) is 0 Å². The number of carbonyl (C=O) groups is 1. The summed E-state index contributed by atoms with van der Waals surface area (Å²) in [6.07, 6.45) is 3.81. The van der Waals surface area contributed by atoms with Crippen molar-refractivity contribution < 1.29 is 4.79 Å². The Kier molecular flexibility index (Phi) is 4.81. The Morgan fingerprint density at radius 1 is 1.40 bits per heavy atom. The number of piperidine rings is 1. The molecule has 3 nitrogen and oxygen atoms in total. The summed E-state index contributed by atoms with van der Waals surface area (Å²) in [6, 6.07) is 6.57. The van der Waals surface area contributed by atoms with Crippen LogP contribution < -0.4 is 5.73 Å². The molecule has 2 atom stereocenters. The Labute approximate surface area is 122 Å². The first-order valence-electron chi connectivity index (χ1n) is 7.60. The lowest BCUT2D eigenvalue weighted by Crippen LogP contribution is -2.52. The van der Waals surface area contributed by atoms with Crippen LogP contribution in [0.15, 0.2) is 18.2 Å². The molecule has 3 heteroatoms. The highest BCUT2D eigenvalue weighted by atomic mass is 16.2. The molecule has 2 N–H and O–H groups in total. The number of hydrogen-bond acceptors (Lipinski definition) is 2. The third-order valence-electron chi connectivity index (χ3n) is 4.32. The van der Waals surface area contributed by atoms with Crippen LogP contribution in [-0.2, 0) is 11.2 Å².